The summed E-state index contributed by atoms with van der Waals surface area (Å²) in [4.78, 5) is 24.6. The van der Waals surface area contributed by atoms with Gasteiger partial charge in [0.2, 0.25) is 11.5 Å². The van der Waals surface area contributed by atoms with E-state index >= 15 is 0 Å². The molecule has 2 heterocycles. The van der Waals surface area contributed by atoms with Crippen molar-refractivity contribution in [3.63, 3.8) is 0 Å². The summed E-state index contributed by atoms with van der Waals surface area (Å²) in [6.45, 7) is 5.06. The molecule has 0 aliphatic heterocycles. The fraction of sp³-hybridized carbons (Fsp3) is 0.182. The van der Waals surface area contributed by atoms with Gasteiger partial charge in [0.05, 0.1) is 11.7 Å². The van der Waals surface area contributed by atoms with Crippen molar-refractivity contribution in [1.29, 1.82) is 0 Å². The van der Waals surface area contributed by atoms with Gasteiger partial charge in [-0.3, -0.25) is 9.59 Å². The van der Waals surface area contributed by atoms with Gasteiger partial charge < -0.3 is 9.84 Å². The lowest BCUT2D eigenvalue weighted by molar-refractivity contribution is -0.114. The molecule has 4 rings (SSSR count). The van der Waals surface area contributed by atoms with Crippen LogP contribution in [0.25, 0.3) is 22.2 Å². The molecule has 0 saturated heterocycles. The summed E-state index contributed by atoms with van der Waals surface area (Å²) in [6, 6.07) is 14.1. The smallest absolute Gasteiger partial charge is 0.280 e. The standard InChI is InChI=1S/C22H19ClN4O3/c1-12-19-21(30-26-12)20(16-5-4-6-18(11-16)24-14(3)28)25-27(22(19)29)13(2)15-7-9-17(23)10-8-15/h4-11,13H,1-3H3,(H,24,28)/t13-/m0/s1. The maximum Gasteiger partial charge on any atom is 0.280 e. The minimum absolute atomic E-state index is 0.179. The summed E-state index contributed by atoms with van der Waals surface area (Å²) < 4.78 is 6.89. The topological polar surface area (TPSA) is 90.0 Å². The lowest BCUT2D eigenvalue weighted by Gasteiger charge is -2.16. The first-order valence-corrected chi connectivity index (χ1v) is 9.75. The summed E-state index contributed by atoms with van der Waals surface area (Å²) in [6.07, 6.45) is 0. The van der Waals surface area contributed by atoms with Crippen molar-refractivity contribution >= 4 is 34.2 Å². The molecule has 4 aromatic rings. The van der Waals surface area contributed by atoms with E-state index < -0.39 is 0 Å². The van der Waals surface area contributed by atoms with Crippen LogP contribution in [0.1, 0.15) is 31.1 Å². The molecular weight excluding hydrogens is 404 g/mol. The normalized spacial score (nSPS) is 12.1. The number of hydrogen-bond acceptors (Lipinski definition) is 5. The van der Waals surface area contributed by atoms with Crippen LogP contribution < -0.4 is 10.9 Å². The summed E-state index contributed by atoms with van der Waals surface area (Å²) in [5.41, 5.74) is 3.20. The Morgan fingerprint density at radius 2 is 1.93 bits per heavy atom. The van der Waals surface area contributed by atoms with Gasteiger partial charge >= 0.3 is 0 Å². The summed E-state index contributed by atoms with van der Waals surface area (Å²) in [5.74, 6) is -0.179. The first-order chi connectivity index (χ1) is 14.3. The Morgan fingerprint density at radius 3 is 2.63 bits per heavy atom. The fourth-order valence-corrected chi connectivity index (χ4v) is 3.50. The summed E-state index contributed by atoms with van der Waals surface area (Å²) in [5, 5.41) is 12.4. The average Bonchev–Trinajstić information content (AvgIpc) is 3.10. The number of nitrogens with one attached hydrogen (secondary N) is 1. The monoisotopic (exact) mass is 422 g/mol. The molecule has 0 aliphatic rings. The number of anilines is 1. The van der Waals surface area contributed by atoms with Gasteiger partial charge in [0.1, 0.15) is 11.1 Å². The molecule has 0 spiro atoms. The zero-order chi connectivity index (χ0) is 21.4. The van der Waals surface area contributed by atoms with Crippen molar-refractivity contribution in [1.82, 2.24) is 14.9 Å². The molecule has 152 valence electrons. The number of hydrogen-bond donors (Lipinski definition) is 1. The molecule has 0 fully saturated rings. The zero-order valence-electron chi connectivity index (χ0n) is 16.6. The maximum atomic E-state index is 13.2. The van der Waals surface area contributed by atoms with E-state index in [1.807, 2.05) is 25.1 Å². The number of carbonyl (C=O) groups excluding carboxylic acids is 1. The quantitative estimate of drug-likeness (QED) is 0.519. The van der Waals surface area contributed by atoms with Crippen LogP contribution in [-0.4, -0.2) is 20.8 Å². The van der Waals surface area contributed by atoms with E-state index in [0.29, 0.717) is 38.6 Å². The molecular formula is C22H19ClN4O3. The molecule has 0 aliphatic carbocycles. The average molecular weight is 423 g/mol. The van der Waals surface area contributed by atoms with Crippen molar-refractivity contribution in [2.24, 2.45) is 0 Å². The van der Waals surface area contributed by atoms with Crippen LogP contribution >= 0.6 is 11.6 Å². The van der Waals surface area contributed by atoms with Crippen LogP contribution in [-0.2, 0) is 4.79 Å². The third-order valence-electron chi connectivity index (χ3n) is 4.88. The van der Waals surface area contributed by atoms with Crippen LogP contribution in [0.2, 0.25) is 5.02 Å². The Kier molecular flexibility index (Phi) is 5.13. The third kappa shape index (κ3) is 3.59. The van der Waals surface area contributed by atoms with E-state index in [9.17, 15) is 9.59 Å². The van der Waals surface area contributed by atoms with Gasteiger partial charge in [0.15, 0.2) is 0 Å². The van der Waals surface area contributed by atoms with E-state index in [1.165, 1.54) is 11.6 Å². The zero-order valence-corrected chi connectivity index (χ0v) is 17.4. The number of aromatic nitrogens is 3. The lowest BCUT2D eigenvalue weighted by Crippen LogP contribution is -2.27. The van der Waals surface area contributed by atoms with Crippen LogP contribution in [0, 0.1) is 6.92 Å². The highest BCUT2D eigenvalue weighted by molar-refractivity contribution is 6.30. The van der Waals surface area contributed by atoms with Crippen LogP contribution in [0.4, 0.5) is 5.69 Å². The Labute approximate surface area is 177 Å². The number of amides is 1. The van der Waals surface area contributed by atoms with E-state index in [1.54, 1.807) is 37.3 Å². The van der Waals surface area contributed by atoms with Crippen LogP contribution in [0.15, 0.2) is 57.8 Å². The van der Waals surface area contributed by atoms with Crippen molar-refractivity contribution in [2.45, 2.75) is 26.8 Å². The van der Waals surface area contributed by atoms with Crippen molar-refractivity contribution in [2.75, 3.05) is 5.32 Å². The minimum Gasteiger partial charge on any atom is -0.353 e. The van der Waals surface area contributed by atoms with E-state index in [0.717, 1.165) is 5.56 Å². The van der Waals surface area contributed by atoms with E-state index in [-0.39, 0.29) is 17.5 Å². The van der Waals surface area contributed by atoms with Gasteiger partial charge in [-0.1, -0.05) is 41.0 Å². The second-order valence-corrected chi connectivity index (χ2v) is 7.50. The molecule has 30 heavy (non-hydrogen) atoms. The van der Waals surface area contributed by atoms with Gasteiger partial charge in [-0.2, -0.15) is 5.10 Å². The predicted molar refractivity (Wildman–Crippen MR) is 116 cm³/mol. The molecule has 0 saturated carbocycles. The minimum atomic E-state index is -0.342. The first kappa shape index (κ1) is 19.8. The lowest BCUT2D eigenvalue weighted by atomic mass is 10.1. The van der Waals surface area contributed by atoms with Crippen LogP contribution in [0.5, 0.6) is 0 Å². The number of benzene rings is 2. The first-order valence-electron chi connectivity index (χ1n) is 9.37. The summed E-state index contributed by atoms with van der Waals surface area (Å²) >= 11 is 6.00. The molecule has 1 amide bonds. The molecule has 2 aromatic carbocycles. The highest BCUT2D eigenvalue weighted by Gasteiger charge is 2.22. The maximum absolute atomic E-state index is 13.2. The predicted octanol–water partition coefficient (Wildman–Crippen LogP) is 4.58. The van der Waals surface area contributed by atoms with Crippen molar-refractivity contribution < 1.29 is 9.32 Å². The molecule has 1 N–H and O–H groups in total. The van der Waals surface area contributed by atoms with E-state index in [4.69, 9.17) is 16.1 Å². The molecule has 8 heteroatoms. The molecule has 0 bridgehead atoms. The fourth-order valence-electron chi connectivity index (χ4n) is 3.38. The molecule has 0 unspecified atom stereocenters. The number of fused-ring (bicyclic) bond motifs is 1. The third-order valence-corrected chi connectivity index (χ3v) is 5.14. The number of halogens is 1. The SMILES string of the molecule is CC(=O)Nc1cccc(-c2nn([C@@H](C)c3ccc(Cl)cc3)c(=O)c3c(C)noc23)c1. The van der Waals surface area contributed by atoms with Crippen molar-refractivity contribution in [3.8, 4) is 11.3 Å². The largest absolute Gasteiger partial charge is 0.353 e. The van der Waals surface area contributed by atoms with Crippen LogP contribution in [0.3, 0.4) is 0 Å². The summed E-state index contributed by atoms with van der Waals surface area (Å²) in [7, 11) is 0. The number of rotatable bonds is 4. The highest BCUT2D eigenvalue weighted by atomic mass is 35.5. The van der Waals surface area contributed by atoms with Gasteiger partial charge in [-0.25, -0.2) is 4.68 Å². The van der Waals surface area contributed by atoms with Crippen molar-refractivity contribution in [3.05, 3.63) is 75.2 Å². The second kappa shape index (κ2) is 7.76. The van der Waals surface area contributed by atoms with Gasteiger partial charge in [0.25, 0.3) is 5.56 Å². The van der Waals surface area contributed by atoms with Gasteiger partial charge in [0, 0.05) is 23.2 Å². The Hall–Kier alpha value is -3.45. The number of carbonyl (C=O) groups is 1. The van der Waals surface area contributed by atoms with E-state index in [2.05, 4.69) is 15.6 Å². The molecule has 0 radical (unpaired) electrons. The Bertz CT molecular complexity index is 1310. The molecule has 1 atom stereocenters. The molecule has 7 nitrogen and oxygen atoms in total. The number of nitrogens with zero attached hydrogens (tertiary/aromatic N) is 3. The van der Waals surface area contributed by atoms with Gasteiger partial charge in [-0.05, 0) is 43.7 Å². The highest BCUT2D eigenvalue weighted by Crippen LogP contribution is 2.29. The number of aryl methyl sites for hydroxylation is 1. The molecule has 2 aromatic heterocycles. The van der Waals surface area contributed by atoms with Gasteiger partial charge in [-0.15, -0.1) is 0 Å². The second-order valence-electron chi connectivity index (χ2n) is 7.06. The Balaban J connectivity index is 1.93. The Morgan fingerprint density at radius 1 is 1.20 bits per heavy atom.